The van der Waals surface area contributed by atoms with Gasteiger partial charge in [0, 0.05) is 24.3 Å². The van der Waals surface area contributed by atoms with E-state index >= 15 is 0 Å². The number of aldehydes is 1. The maximum atomic E-state index is 11.3. The Morgan fingerprint density at radius 3 is 1.96 bits per heavy atom. The summed E-state index contributed by atoms with van der Waals surface area (Å²) in [5.41, 5.74) is 0.635. The molecule has 0 spiro atoms. The smallest absolute Gasteiger partial charge is 0.161 e. The third-order valence-corrected chi connectivity index (χ3v) is 3.61. The van der Waals surface area contributed by atoms with Crippen LogP contribution in [0.15, 0.2) is 23.8 Å². The van der Waals surface area contributed by atoms with E-state index in [1.54, 1.807) is 6.08 Å². The fourth-order valence-electron chi connectivity index (χ4n) is 2.12. The quantitative estimate of drug-likeness (QED) is 0.795. The van der Waals surface area contributed by atoms with E-state index < -0.39 is 6.10 Å². The highest BCUT2D eigenvalue weighted by atomic mass is 16.3. The van der Waals surface area contributed by atoms with E-state index in [4.69, 9.17) is 0 Å². The van der Waals surface area contributed by atoms with Crippen LogP contribution >= 0.6 is 0 Å². The van der Waals surface area contributed by atoms with Crippen LogP contribution in [0.1, 0.15) is 66.2 Å². The van der Waals surface area contributed by atoms with Crippen molar-refractivity contribution in [2.24, 2.45) is 11.8 Å². The molecule has 1 unspecified atom stereocenters. The molecule has 0 aromatic heterocycles. The van der Waals surface area contributed by atoms with Gasteiger partial charge in [0.25, 0.3) is 0 Å². The molecule has 1 N–H and O–H groups in total. The van der Waals surface area contributed by atoms with Gasteiger partial charge >= 0.3 is 0 Å². The predicted octanol–water partition coefficient (Wildman–Crippen LogP) is 3.82. The zero-order chi connectivity index (χ0) is 18.5. The number of rotatable bonds is 3. The highest BCUT2D eigenvalue weighted by Crippen LogP contribution is 2.20. The minimum Gasteiger partial charge on any atom is -0.388 e. The molecule has 0 saturated carbocycles. The molecule has 2 aliphatic rings. The lowest BCUT2D eigenvalue weighted by molar-refractivity contribution is -0.117. The number of hydrogen-bond donors (Lipinski definition) is 1. The number of allylic oxidation sites excluding steroid dienone is 3. The molecule has 0 aromatic rings. The molecule has 0 aliphatic heterocycles. The van der Waals surface area contributed by atoms with Crippen molar-refractivity contribution in [3.63, 3.8) is 0 Å². The first-order valence-electron chi connectivity index (χ1n) is 8.85. The van der Waals surface area contributed by atoms with Gasteiger partial charge in [-0.1, -0.05) is 39.8 Å². The van der Waals surface area contributed by atoms with Crippen LogP contribution in [0, 0.1) is 11.8 Å². The summed E-state index contributed by atoms with van der Waals surface area (Å²) in [6.07, 6.45) is 11.2. The lowest BCUT2D eigenvalue weighted by atomic mass is 9.89. The van der Waals surface area contributed by atoms with Crippen LogP contribution in [0.2, 0.25) is 0 Å². The molecule has 0 saturated heterocycles. The van der Waals surface area contributed by atoms with Crippen molar-refractivity contribution in [3.05, 3.63) is 23.8 Å². The van der Waals surface area contributed by atoms with Crippen molar-refractivity contribution in [2.45, 2.75) is 72.3 Å². The van der Waals surface area contributed by atoms with Crippen molar-refractivity contribution in [3.8, 4) is 0 Å². The maximum absolute atomic E-state index is 11.3. The Bertz CT molecular complexity index is 458. The number of ketones is 2. The second-order valence-electron chi connectivity index (χ2n) is 6.80. The zero-order valence-corrected chi connectivity index (χ0v) is 15.5. The van der Waals surface area contributed by atoms with Crippen LogP contribution in [-0.2, 0) is 14.4 Å². The zero-order valence-electron chi connectivity index (χ0n) is 15.5. The van der Waals surface area contributed by atoms with Crippen LogP contribution in [-0.4, -0.2) is 29.1 Å². The van der Waals surface area contributed by atoms with Gasteiger partial charge in [0.15, 0.2) is 11.6 Å². The van der Waals surface area contributed by atoms with Gasteiger partial charge in [-0.05, 0) is 37.7 Å². The summed E-state index contributed by atoms with van der Waals surface area (Å²) in [5, 5.41) is 9.63. The number of aliphatic hydroxyl groups is 1. The molecule has 4 heteroatoms. The van der Waals surface area contributed by atoms with Gasteiger partial charge in [-0.25, -0.2) is 0 Å². The molecule has 136 valence electrons. The fourth-order valence-corrected chi connectivity index (χ4v) is 2.12. The largest absolute Gasteiger partial charge is 0.388 e. The van der Waals surface area contributed by atoms with Gasteiger partial charge in [0.2, 0.25) is 0 Å². The standard InChI is InChI=1S/C10H16O2.C6H8O.C4H8O/c1-7(2)10(12)8-5-3-4-6-9(8)11;7-6-4-2-1-3-5-6;1-4(2)3-5/h5,7,10,12H,3-4,6H2,1-2H3;2,4H,1,3,5H2;3-4H,1-2H3. The summed E-state index contributed by atoms with van der Waals surface area (Å²) < 4.78 is 0. The summed E-state index contributed by atoms with van der Waals surface area (Å²) in [6.45, 7) is 7.56. The number of carbonyl (C=O) groups excluding carboxylic acids is 3. The van der Waals surface area contributed by atoms with E-state index in [1.165, 1.54) is 0 Å². The molecule has 4 nitrogen and oxygen atoms in total. The number of carbonyl (C=O) groups is 3. The molecule has 1 atom stereocenters. The van der Waals surface area contributed by atoms with E-state index in [2.05, 4.69) is 0 Å². The summed E-state index contributed by atoms with van der Waals surface area (Å²) in [4.78, 5) is 31.2. The number of Topliss-reactive ketones (excluding diaryl/α,β-unsaturated/α-hetero) is 1. The van der Waals surface area contributed by atoms with Crippen molar-refractivity contribution in [1.29, 1.82) is 0 Å². The van der Waals surface area contributed by atoms with E-state index in [1.807, 2.05) is 39.8 Å². The Hall–Kier alpha value is -1.55. The van der Waals surface area contributed by atoms with E-state index in [0.29, 0.717) is 12.0 Å². The van der Waals surface area contributed by atoms with Crippen molar-refractivity contribution in [2.75, 3.05) is 0 Å². The molecule has 0 fully saturated rings. The Morgan fingerprint density at radius 2 is 1.62 bits per heavy atom. The van der Waals surface area contributed by atoms with Crippen LogP contribution < -0.4 is 0 Å². The van der Waals surface area contributed by atoms with Crippen molar-refractivity contribution < 1.29 is 19.5 Å². The van der Waals surface area contributed by atoms with Crippen LogP contribution in [0.3, 0.4) is 0 Å². The van der Waals surface area contributed by atoms with Gasteiger partial charge in [0.05, 0.1) is 6.10 Å². The summed E-state index contributed by atoms with van der Waals surface area (Å²) in [7, 11) is 0. The lowest BCUT2D eigenvalue weighted by Gasteiger charge is -2.20. The minimum atomic E-state index is -0.558. The van der Waals surface area contributed by atoms with Crippen LogP contribution in [0.4, 0.5) is 0 Å². The molecule has 24 heavy (non-hydrogen) atoms. The van der Waals surface area contributed by atoms with Gasteiger partial charge in [-0.15, -0.1) is 0 Å². The second kappa shape index (κ2) is 12.8. The molecule has 2 aliphatic carbocycles. The fraction of sp³-hybridized carbons (Fsp3) is 0.650. The molecule has 0 bridgehead atoms. The molecule has 0 heterocycles. The lowest BCUT2D eigenvalue weighted by Crippen LogP contribution is -2.24. The number of aliphatic hydroxyl groups excluding tert-OH is 1. The predicted molar refractivity (Wildman–Crippen MR) is 96.7 cm³/mol. The van der Waals surface area contributed by atoms with Crippen LogP contribution in [0.25, 0.3) is 0 Å². The summed E-state index contributed by atoms with van der Waals surface area (Å²) in [6, 6.07) is 0. The molecule has 0 radical (unpaired) electrons. The molecule has 0 aromatic carbocycles. The second-order valence-corrected chi connectivity index (χ2v) is 6.80. The van der Waals surface area contributed by atoms with E-state index in [0.717, 1.165) is 38.4 Å². The summed E-state index contributed by atoms with van der Waals surface area (Å²) >= 11 is 0. The van der Waals surface area contributed by atoms with Gasteiger partial charge in [0.1, 0.15) is 6.29 Å². The van der Waals surface area contributed by atoms with Gasteiger partial charge in [-0.3, -0.25) is 9.59 Å². The Kier molecular flexibility index (Phi) is 12.0. The Balaban J connectivity index is 0.000000373. The van der Waals surface area contributed by atoms with E-state index in [9.17, 15) is 19.5 Å². The van der Waals surface area contributed by atoms with E-state index in [-0.39, 0.29) is 23.4 Å². The molecule has 2 rings (SSSR count). The third-order valence-electron chi connectivity index (χ3n) is 3.61. The average molecular weight is 336 g/mol. The first-order valence-corrected chi connectivity index (χ1v) is 8.85. The minimum absolute atomic E-state index is 0.127. The third kappa shape index (κ3) is 10.3. The topological polar surface area (TPSA) is 71.4 Å². The normalized spacial score (nSPS) is 18.2. The molecule has 0 amide bonds. The molecular formula is C20H32O4. The van der Waals surface area contributed by atoms with Crippen molar-refractivity contribution in [1.82, 2.24) is 0 Å². The first-order chi connectivity index (χ1) is 11.3. The first kappa shape index (κ1) is 22.4. The Morgan fingerprint density at radius 1 is 1.04 bits per heavy atom. The summed E-state index contributed by atoms with van der Waals surface area (Å²) in [5.74, 6) is 0.752. The highest BCUT2D eigenvalue weighted by molar-refractivity contribution is 5.96. The SMILES string of the molecule is CC(C)C(O)C1=CCCCC1=O.CC(C)C=O.O=C1C=CCCC1. The van der Waals surface area contributed by atoms with Gasteiger partial charge < -0.3 is 9.90 Å². The highest BCUT2D eigenvalue weighted by Gasteiger charge is 2.22. The number of hydrogen-bond acceptors (Lipinski definition) is 4. The maximum Gasteiger partial charge on any atom is 0.161 e. The van der Waals surface area contributed by atoms with Crippen LogP contribution in [0.5, 0.6) is 0 Å². The van der Waals surface area contributed by atoms with Gasteiger partial charge in [-0.2, -0.15) is 0 Å². The van der Waals surface area contributed by atoms with Crippen molar-refractivity contribution >= 4 is 17.9 Å². The molecular weight excluding hydrogens is 304 g/mol. The average Bonchev–Trinajstić information content (AvgIpc) is 2.56. The monoisotopic (exact) mass is 336 g/mol. The Labute approximate surface area is 146 Å².